The molecule has 0 amide bonds. The van der Waals surface area contributed by atoms with Gasteiger partial charge in [-0.25, -0.2) is 19.2 Å². The predicted molar refractivity (Wildman–Crippen MR) is 108 cm³/mol. The maximum Gasteiger partial charge on any atom is 0.338 e. The number of pyridine rings is 1. The van der Waals surface area contributed by atoms with Gasteiger partial charge in [-0.15, -0.1) is 0 Å². The second-order valence-corrected chi connectivity index (χ2v) is 6.06. The van der Waals surface area contributed by atoms with Crippen molar-refractivity contribution >= 4 is 29.8 Å². The zero-order valence-corrected chi connectivity index (χ0v) is 16.1. The first-order valence-corrected chi connectivity index (χ1v) is 8.66. The monoisotopic (exact) mass is 394 g/mol. The normalized spacial score (nSPS) is 10.8. The van der Waals surface area contributed by atoms with Crippen molar-refractivity contribution in [2.24, 2.45) is 0 Å². The molecule has 0 aliphatic carbocycles. The van der Waals surface area contributed by atoms with Crippen molar-refractivity contribution in [1.82, 2.24) is 15.0 Å². The molecule has 0 saturated heterocycles. The third kappa shape index (κ3) is 4.92. The molecule has 0 saturated carbocycles. The van der Waals surface area contributed by atoms with Crippen LogP contribution in [0.2, 0.25) is 0 Å². The van der Waals surface area contributed by atoms with E-state index in [1.165, 1.54) is 32.4 Å². The molecule has 0 atom stereocenters. The van der Waals surface area contributed by atoms with E-state index in [4.69, 9.17) is 9.47 Å². The number of halogens is 1. The highest BCUT2D eigenvalue weighted by Gasteiger charge is 2.14. The molecule has 1 aromatic carbocycles. The van der Waals surface area contributed by atoms with Crippen molar-refractivity contribution in [3.63, 3.8) is 0 Å². The number of nitrogens with one attached hydrogen (secondary N) is 1. The summed E-state index contributed by atoms with van der Waals surface area (Å²) in [5.74, 6) is -0.781. The molecule has 0 radical (unpaired) electrons. The average Bonchev–Trinajstić information content (AvgIpc) is 2.73. The third-order valence-corrected chi connectivity index (χ3v) is 3.99. The number of methoxy groups -OCH3 is 2. The lowest BCUT2D eigenvalue weighted by Crippen LogP contribution is -2.03. The fourth-order valence-corrected chi connectivity index (χ4v) is 2.55. The summed E-state index contributed by atoms with van der Waals surface area (Å²) in [6.45, 7) is 1.89. The lowest BCUT2D eigenvalue weighted by molar-refractivity contribution is 0.0600. The number of esters is 1. The van der Waals surface area contributed by atoms with Gasteiger partial charge in [0.2, 0.25) is 5.95 Å². The van der Waals surface area contributed by atoms with Crippen molar-refractivity contribution in [2.75, 3.05) is 19.5 Å². The average molecular weight is 394 g/mol. The Morgan fingerprint density at radius 3 is 2.52 bits per heavy atom. The van der Waals surface area contributed by atoms with Gasteiger partial charge in [0.05, 0.1) is 19.8 Å². The zero-order valence-electron chi connectivity index (χ0n) is 16.1. The third-order valence-electron chi connectivity index (χ3n) is 3.99. The van der Waals surface area contributed by atoms with Gasteiger partial charge in [-0.2, -0.15) is 0 Å². The quantitative estimate of drug-likeness (QED) is 0.632. The molecule has 0 aliphatic rings. The molecule has 148 valence electrons. The molecule has 3 rings (SSSR count). The fraction of sp³-hybridized carbons (Fsp3) is 0.143. The van der Waals surface area contributed by atoms with E-state index in [9.17, 15) is 9.18 Å². The Kier molecular flexibility index (Phi) is 6.13. The van der Waals surface area contributed by atoms with Gasteiger partial charge in [0, 0.05) is 41.1 Å². The summed E-state index contributed by atoms with van der Waals surface area (Å²) in [6, 6.07) is 6.38. The van der Waals surface area contributed by atoms with Crippen LogP contribution < -0.4 is 10.1 Å². The summed E-state index contributed by atoms with van der Waals surface area (Å²) in [4.78, 5) is 24.4. The van der Waals surface area contributed by atoms with Gasteiger partial charge in [-0.1, -0.05) is 12.2 Å². The number of carbonyl (C=O) groups excluding carboxylic acids is 1. The van der Waals surface area contributed by atoms with E-state index in [0.29, 0.717) is 11.5 Å². The summed E-state index contributed by atoms with van der Waals surface area (Å²) in [5, 5.41) is 3.08. The Morgan fingerprint density at radius 1 is 1.10 bits per heavy atom. The number of hydrogen-bond acceptors (Lipinski definition) is 7. The second-order valence-electron chi connectivity index (χ2n) is 6.06. The minimum absolute atomic E-state index is 0.0454. The van der Waals surface area contributed by atoms with Gasteiger partial charge >= 0.3 is 5.97 Å². The van der Waals surface area contributed by atoms with Gasteiger partial charge in [0.1, 0.15) is 0 Å². The molecule has 3 aromatic rings. The Hall–Kier alpha value is -3.81. The number of aromatic nitrogens is 3. The smallest absolute Gasteiger partial charge is 0.338 e. The number of benzene rings is 1. The Bertz CT molecular complexity index is 1050. The number of nitrogens with zero attached hydrogens (tertiary/aromatic N) is 3. The molecular weight excluding hydrogens is 375 g/mol. The zero-order chi connectivity index (χ0) is 20.8. The van der Waals surface area contributed by atoms with Crippen LogP contribution in [0.3, 0.4) is 0 Å². The summed E-state index contributed by atoms with van der Waals surface area (Å²) >= 11 is 0. The molecule has 0 aliphatic heterocycles. The van der Waals surface area contributed by atoms with E-state index in [1.807, 2.05) is 19.1 Å². The summed E-state index contributed by atoms with van der Waals surface area (Å²) in [7, 11) is 2.59. The van der Waals surface area contributed by atoms with Gasteiger partial charge in [0.25, 0.3) is 0 Å². The standard InChI is InChI=1S/C21H19FN4O3/c1-13-8-17(6-7-23-13)26-21-24-11-14(12-25-21)4-5-15-9-16(20(27)29-3)10-18(28-2)19(15)22/h4-12H,1-3H3,(H,23,24,25,26). The van der Waals surface area contributed by atoms with E-state index in [2.05, 4.69) is 20.3 Å². The Balaban J connectivity index is 1.80. The van der Waals surface area contributed by atoms with E-state index >= 15 is 0 Å². The maximum absolute atomic E-state index is 14.5. The molecule has 29 heavy (non-hydrogen) atoms. The highest BCUT2D eigenvalue weighted by molar-refractivity contribution is 5.91. The van der Waals surface area contributed by atoms with Gasteiger partial charge < -0.3 is 14.8 Å². The fourth-order valence-electron chi connectivity index (χ4n) is 2.55. The minimum Gasteiger partial charge on any atom is -0.494 e. The van der Waals surface area contributed by atoms with Crippen LogP contribution in [0.1, 0.15) is 27.2 Å². The Labute approximate surface area is 167 Å². The first kappa shape index (κ1) is 19.9. The van der Waals surface area contributed by atoms with Crippen LogP contribution in [0.25, 0.3) is 12.2 Å². The molecule has 0 unspecified atom stereocenters. The van der Waals surface area contributed by atoms with E-state index in [0.717, 1.165) is 11.4 Å². The number of ether oxygens (including phenoxy) is 2. The number of anilines is 2. The van der Waals surface area contributed by atoms with Crippen LogP contribution >= 0.6 is 0 Å². The van der Waals surface area contributed by atoms with Crippen LogP contribution in [-0.2, 0) is 4.74 Å². The molecule has 7 nitrogen and oxygen atoms in total. The molecular formula is C21H19FN4O3. The van der Waals surface area contributed by atoms with Gasteiger partial charge in [-0.3, -0.25) is 4.98 Å². The second kappa shape index (κ2) is 8.92. The number of rotatable bonds is 6. The van der Waals surface area contributed by atoms with Gasteiger partial charge in [0.15, 0.2) is 11.6 Å². The van der Waals surface area contributed by atoms with E-state index in [1.54, 1.807) is 24.7 Å². The van der Waals surface area contributed by atoms with Gasteiger partial charge in [-0.05, 0) is 31.2 Å². The molecule has 0 fully saturated rings. The maximum atomic E-state index is 14.5. The molecule has 0 spiro atoms. The Morgan fingerprint density at radius 2 is 1.86 bits per heavy atom. The van der Waals surface area contributed by atoms with E-state index in [-0.39, 0.29) is 16.9 Å². The van der Waals surface area contributed by atoms with Crippen molar-refractivity contribution in [1.29, 1.82) is 0 Å². The molecule has 2 heterocycles. The van der Waals surface area contributed by atoms with Crippen molar-refractivity contribution < 1.29 is 18.7 Å². The topological polar surface area (TPSA) is 86.2 Å². The van der Waals surface area contributed by atoms with Crippen molar-refractivity contribution in [2.45, 2.75) is 6.92 Å². The summed E-state index contributed by atoms with van der Waals surface area (Å²) in [6.07, 6.45) is 8.04. The minimum atomic E-state index is -0.581. The predicted octanol–water partition coefficient (Wildman–Crippen LogP) is 4.03. The largest absolute Gasteiger partial charge is 0.494 e. The van der Waals surface area contributed by atoms with Crippen LogP contribution in [0, 0.1) is 12.7 Å². The number of carbonyl (C=O) groups is 1. The first-order chi connectivity index (χ1) is 14.0. The van der Waals surface area contributed by atoms with Crippen LogP contribution in [0.15, 0.2) is 42.9 Å². The number of hydrogen-bond donors (Lipinski definition) is 1. The highest BCUT2D eigenvalue weighted by atomic mass is 19.1. The molecule has 2 aromatic heterocycles. The van der Waals surface area contributed by atoms with Crippen LogP contribution in [0.4, 0.5) is 16.0 Å². The van der Waals surface area contributed by atoms with Crippen LogP contribution in [0.5, 0.6) is 5.75 Å². The first-order valence-electron chi connectivity index (χ1n) is 8.66. The lowest BCUT2D eigenvalue weighted by atomic mass is 10.1. The highest BCUT2D eigenvalue weighted by Crippen LogP contribution is 2.25. The molecule has 1 N–H and O–H groups in total. The SMILES string of the molecule is COC(=O)c1cc(C=Cc2cnc(Nc3ccnc(C)c3)nc2)c(F)c(OC)c1. The number of aryl methyl sites for hydroxylation is 1. The summed E-state index contributed by atoms with van der Waals surface area (Å²) in [5.41, 5.74) is 2.73. The van der Waals surface area contributed by atoms with Crippen molar-refractivity contribution in [3.8, 4) is 5.75 Å². The van der Waals surface area contributed by atoms with Crippen molar-refractivity contribution in [3.05, 3.63) is 71.1 Å². The van der Waals surface area contributed by atoms with E-state index < -0.39 is 11.8 Å². The van der Waals surface area contributed by atoms with Crippen LogP contribution in [-0.4, -0.2) is 35.1 Å². The summed E-state index contributed by atoms with van der Waals surface area (Å²) < 4.78 is 24.2. The lowest BCUT2D eigenvalue weighted by Gasteiger charge is -2.08. The molecule has 0 bridgehead atoms. The molecule has 8 heteroatoms.